The molecule has 4 nitrogen and oxygen atoms in total. The Morgan fingerprint density at radius 3 is 2.80 bits per heavy atom. The summed E-state index contributed by atoms with van der Waals surface area (Å²) in [5.74, 6) is 1.68. The SMILES string of the molecule is CCSCC(C)NS(=O)(=O)Cc1cccc(C(N)=S)c1. The predicted octanol–water partition coefficient (Wildman–Crippen LogP) is 1.88. The molecule has 1 atom stereocenters. The Hall–Kier alpha value is -0.630. The second-order valence-corrected chi connectivity index (χ2v) is 8.01. The molecule has 112 valence electrons. The number of nitrogens with two attached hydrogens (primary N) is 1. The Balaban J connectivity index is 2.71. The smallest absolute Gasteiger partial charge is 0.216 e. The third-order valence-electron chi connectivity index (χ3n) is 2.52. The van der Waals surface area contributed by atoms with Gasteiger partial charge in [-0.15, -0.1) is 0 Å². The van der Waals surface area contributed by atoms with Gasteiger partial charge in [0.1, 0.15) is 4.99 Å². The number of rotatable bonds is 8. The maximum absolute atomic E-state index is 12.1. The van der Waals surface area contributed by atoms with E-state index in [9.17, 15) is 8.42 Å². The molecule has 0 aliphatic carbocycles. The zero-order chi connectivity index (χ0) is 15.2. The largest absolute Gasteiger partial charge is 0.389 e. The first kappa shape index (κ1) is 17.4. The van der Waals surface area contributed by atoms with E-state index in [1.54, 1.807) is 36.0 Å². The molecule has 0 radical (unpaired) electrons. The highest BCUT2D eigenvalue weighted by molar-refractivity contribution is 7.99. The lowest BCUT2D eigenvalue weighted by Gasteiger charge is -2.13. The lowest BCUT2D eigenvalue weighted by Crippen LogP contribution is -2.35. The molecular formula is C13H20N2O2S3. The maximum atomic E-state index is 12.1. The van der Waals surface area contributed by atoms with Crippen molar-refractivity contribution in [2.24, 2.45) is 5.73 Å². The Morgan fingerprint density at radius 2 is 2.20 bits per heavy atom. The molecule has 1 unspecified atom stereocenters. The number of thiocarbonyl (C=S) groups is 1. The van der Waals surface area contributed by atoms with Crippen LogP contribution in [0, 0.1) is 0 Å². The summed E-state index contributed by atoms with van der Waals surface area (Å²) in [4.78, 5) is 0.268. The molecule has 7 heteroatoms. The molecule has 0 aromatic heterocycles. The van der Waals surface area contributed by atoms with Gasteiger partial charge in [-0.2, -0.15) is 11.8 Å². The molecule has 0 heterocycles. The molecule has 0 aliphatic heterocycles. The van der Waals surface area contributed by atoms with Gasteiger partial charge >= 0.3 is 0 Å². The molecule has 1 rings (SSSR count). The van der Waals surface area contributed by atoms with E-state index >= 15 is 0 Å². The van der Waals surface area contributed by atoms with Crippen LogP contribution in [-0.2, 0) is 15.8 Å². The van der Waals surface area contributed by atoms with Crippen LogP contribution in [-0.4, -0.2) is 31.0 Å². The monoisotopic (exact) mass is 332 g/mol. The van der Waals surface area contributed by atoms with E-state index in [1.807, 2.05) is 13.8 Å². The van der Waals surface area contributed by atoms with E-state index < -0.39 is 10.0 Å². The molecule has 20 heavy (non-hydrogen) atoms. The van der Waals surface area contributed by atoms with E-state index in [0.717, 1.165) is 11.5 Å². The summed E-state index contributed by atoms with van der Waals surface area (Å²) < 4.78 is 26.8. The van der Waals surface area contributed by atoms with Gasteiger partial charge in [0, 0.05) is 17.4 Å². The van der Waals surface area contributed by atoms with E-state index in [1.165, 1.54) is 0 Å². The number of hydrogen-bond donors (Lipinski definition) is 2. The average Bonchev–Trinajstić information content (AvgIpc) is 2.35. The molecule has 1 aromatic rings. The minimum atomic E-state index is -3.35. The molecule has 3 N–H and O–H groups in total. The van der Waals surface area contributed by atoms with E-state index in [-0.39, 0.29) is 16.8 Å². The van der Waals surface area contributed by atoms with Crippen molar-refractivity contribution < 1.29 is 8.42 Å². The highest BCUT2D eigenvalue weighted by Crippen LogP contribution is 2.10. The molecular weight excluding hydrogens is 312 g/mol. The number of sulfonamides is 1. The average molecular weight is 333 g/mol. The van der Waals surface area contributed by atoms with Gasteiger partial charge in [0.2, 0.25) is 10.0 Å². The minimum absolute atomic E-state index is 0.0649. The fourth-order valence-electron chi connectivity index (χ4n) is 1.71. The van der Waals surface area contributed by atoms with Crippen molar-refractivity contribution in [2.45, 2.75) is 25.6 Å². The van der Waals surface area contributed by atoms with Crippen LogP contribution >= 0.6 is 24.0 Å². The van der Waals surface area contributed by atoms with E-state index in [4.69, 9.17) is 18.0 Å². The van der Waals surface area contributed by atoms with Crippen LogP contribution in [0.3, 0.4) is 0 Å². The van der Waals surface area contributed by atoms with Gasteiger partial charge in [-0.1, -0.05) is 37.3 Å². The lowest BCUT2D eigenvalue weighted by molar-refractivity contribution is 0.570. The zero-order valence-electron chi connectivity index (χ0n) is 11.6. The summed E-state index contributed by atoms with van der Waals surface area (Å²) in [7, 11) is -3.35. The Labute approximate surface area is 130 Å². The van der Waals surface area contributed by atoms with Crippen LogP contribution in [0.2, 0.25) is 0 Å². The Kier molecular flexibility index (Phi) is 6.94. The highest BCUT2D eigenvalue weighted by Gasteiger charge is 2.15. The van der Waals surface area contributed by atoms with E-state index in [0.29, 0.717) is 11.1 Å². The van der Waals surface area contributed by atoms with Crippen LogP contribution in [0.25, 0.3) is 0 Å². The third kappa shape index (κ3) is 6.21. The van der Waals surface area contributed by atoms with Gasteiger partial charge in [-0.3, -0.25) is 0 Å². The fraction of sp³-hybridized carbons (Fsp3) is 0.462. The highest BCUT2D eigenvalue weighted by atomic mass is 32.2. The Bertz CT molecular complexity index is 558. The normalized spacial score (nSPS) is 13.1. The van der Waals surface area contributed by atoms with Crippen molar-refractivity contribution in [1.82, 2.24) is 4.72 Å². The van der Waals surface area contributed by atoms with Gasteiger partial charge in [-0.05, 0) is 24.3 Å². The fourth-order valence-corrected chi connectivity index (χ4v) is 4.01. The summed E-state index contributed by atoms with van der Waals surface area (Å²) in [6, 6.07) is 6.92. The van der Waals surface area contributed by atoms with Gasteiger partial charge in [0.25, 0.3) is 0 Å². The van der Waals surface area contributed by atoms with Gasteiger partial charge in [0.05, 0.1) is 5.75 Å². The number of nitrogens with one attached hydrogen (secondary N) is 1. The number of benzene rings is 1. The molecule has 1 aromatic carbocycles. The van der Waals surface area contributed by atoms with Crippen LogP contribution in [0.4, 0.5) is 0 Å². The molecule has 0 amide bonds. The maximum Gasteiger partial charge on any atom is 0.216 e. The summed E-state index contributed by atoms with van der Waals surface area (Å²) in [5, 5.41) is 0. The molecule has 0 spiro atoms. The number of hydrogen-bond acceptors (Lipinski definition) is 4. The third-order valence-corrected chi connectivity index (χ3v) is 5.38. The first-order valence-electron chi connectivity index (χ1n) is 6.30. The summed E-state index contributed by atoms with van der Waals surface area (Å²) in [6.07, 6.45) is 0. The summed E-state index contributed by atoms with van der Waals surface area (Å²) >= 11 is 6.60. The second kappa shape index (κ2) is 7.97. The molecule has 0 saturated carbocycles. The van der Waals surface area contributed by atoms with Crippen molar-refractivity contribution in [3.63, 3.8) is 0 Å². The van der Waals surface area contributed by atoms with Crippen LogP contribution in [0.5, 0.6) is 0 Å². The first-order chi connectivity index (χ1) is 9.34. The quantitative estimate of drug-likeness (QED) is 0.711. The first-order valence-corrected chi connectivity index (χ1v) is 9.52. The van der Waals surface area contributed by atoms with Gasteiger partial charge in [-0.25, -0.2) is 13.1 Å². The van der Waals surface area contributed by atoms with Gasteiger partial charge in [0.15, 0.2) is 0 Å². The van der Waals surface area contributed by atoms with Crippen molar-refractivity contribution in [1.29, 1.82) is 0 Å². The molecule has 0 bridgehead atoms. The molecule has 0 saturated heterocycles. The molecule has 0 fully saturated rings. The van der Waals surface area contributed by atoms with Crippen molar-refractivity contribution in [3.05, 3.63) is 35.4 Å². The standard InChI is InChI=1S/C13H20N2O2S3/c1-3-19-8-10(2)15-20(16,17)9-11-5-4-6-12(7-11)13(14)18/h4-7,10,15H,3,8-9H2,1-2H3,(H2,14,18). The second-order valence-electron chi connectivity index (χ2n) is 4.50. The predicted molar refractivity (Wildman–Crippen MR) is 90.5 cm³/mol. The van der Waals surface area contributed by atoms with Crippen LogP contribution < -0.4 is 10.5 Å². The van der Waals surface area contributed by atoms with Crippen molar-refractivity contribution in [2.75, 3.05) is 11.5 Å². The van der Waals surface area contributed by atoms with Crippen molar-refractivity contribution in [3.8, 4) is 0 Å². The molecule has 0 aliphatic rings. The van der Waals surface area contributed by atoms with Gasteiger partial charge < -0.3 is 5.73 Å². The topological polar surface area (TPSA) is 72.2 Å². The van der Waals surface area contributed by atoms with Crippen molar-refractivity contribution >= 4 is 39.0 Å². The number of thioether (sulfide) groups is 1. The minimum Gasteiger partial charge on any atom is -0.389 e. The lowest BCUT2D eigenvalue weighted by atomic mass is 10.1. The summed E-state index contributed by atoms with van der Waals surface area (Å²) in [5.41, 5.74) is 6.91. The van der Waals surface area contributed by atoms with E-state index in [2.05, 4.69) is 4.72 Å². The summed E-state index contributed by atoms with van der Waals surface area (Å²) in [6.45, 7) is 3.92. The van der Waals surface area contributed by atoms with Crippen LogP contribution in [0.15, 0.2) is 24.3 Å². The Morgan fingerprint density at radius 1 is 1.50 bits per heavy atom. The van der Waals surface area contributed by atoms with Crippen LogP contribution in [0.1, 0.15) is 25.0 Å². The zero-order valence-corrected chi connectivity index (χ0v) is 14.1.